The van der Waals surface area contributed by atoms with Gasteiger partial charge in [-0.25, -0.2) is 9.18 Å². The highest BCUT2D eigenvalue weighted by Gasteiger charge is 2.07. The van der Waals surface area contributed by atoms with Crippen LogP contribution in [0.1, 0.15) is 11.1 Å². The number of aryl methyl sites for hydroxylation is 1. The molecule has 0 aliphatic heterocycles. The van der Waals surface area contributed by atoms with E-state index in [1.54, 1.807) is 25.1 Å². The summed E-state index contributed by atoms with van der Waals surface area (Å²) in [6.45, 7) is 1.72. The summed E-state index contributed by atoms with van der Waals surface area (Å²) >= 11 is 5.93. The standard InChI is InChI=1S/C16H12ClFO3/c1-10-8-13(18)5-6-14(10)21-15-9-12(17)4-2-11(15)3-7-16(19)20/h2-9H,1H3,(H,19,20)/b7-3+. The van der Waals surface area contributed by atoms with Crippen molar-refractivity contribution in [2.24, 2.45) is 0 Å². The molecule has 0 saturated heterocycles. The van der Waals surface area contributed by atoms with Crippen molar-refractivity contribution in [3.8, 4) is 11.5 Å². The molecule has 0 aromatic heterocycles. The molecule has 0 aliphatic carbocycles. The number of carboxylic acids is 1. The molecule has 0 fully saturated rings. The maximum absolute atomic E-state index is 13.1. The highest BCUT2D eigenvalue weighted by Crippen LogP contribution is 2.31. The third-order valence-corrected chi connectivity index (χ3v) is 2.97. The number of halogens is 2. The Hall–Kier alpha value is -2.33. The van der Waals surface area contributed by atoms with Crippen molar-refractivity contribution in [3.63, 3.8) is 0 Å². The number of rotatable bonds is 4. The summed E-state index contributed by atoms with van der Waals surface area (Å²) in [5.41, 5.74) is 1.19. The fourth-order valence-corrected chi connectivity index (χ4v) is 1.90. The Morgan fingerprint density at radius 2 is 2.00 bits per heavy atom. The monoisotopic (exact) mass is 306 g/mol. The van der Waals surface area contributed by atoms with Crippen LogP contribution in [0.25, 0.3) is 6.08 Å². The van der Waals surface area contributed by atoms with E-state index in [0.29, 0.717) is 27.6 Å². The lowest BCUT2D eigenvalue weighted by atomic mass is 10.1. The van der Waals surface area contributed by atoms with Gasteiger partial charge in [0.2, 0.25) is 0 Å². The van der Waals surface area contributed by atoms with Crippen LogP contribution in [0.3, 0.4) is 0 Å². The first-order valence-corrected chi connectivity index (χ1v) is 6.48. The first-order chi connectivity index (χ1) is 9.95. The summed E-state index contributed by atoms with van der Waals surface area (Å²) in [4.78, 5) is 10.6. The van der Waals surface area contributed by atoms with Crippen LogP contribution in [0.15, 0.2) is 42.5 Å². The maximum Gasteiger partial charge on any atom is 0.328 e. The van der Waals surface area contributed by atoms with Gasteiger partial charge in [0.05, 0.1) is 0 Å². The zero-order chi connectivity index (χ0) is 15.4. The number of ether oxygens (including phenoxy) is 1. The van der Waals surface area contributed by atoms with Crippen molar-refractivity contribution in [1.82, 2.24) is 0 Å². The van der Waals surface area contributed by atoms with Gasteiger partial charge in [0.15, 0.2) is 0 Å². The van der Waals surface area contributed by atoms with Crippen molar-refractivity contribution in [2.45, 2.75) is 6.92 Å². The first kappa shape index (κ1) is 15.1. The van der Waals surface area contributed by atoms with E-state index in [9.17, 15) is 9.18 Å². The lowest BCUT2D eigenvalue weighted by Gasteiger charge is -2.11. The van der Waals surface area contributed by atoms with E-state index in [0.717, 1.165) is 6.08 Å². The van der Waals surface area contributed by atoms with Gasteiger partial charge >= 0.3 is 5.97 Å². The zero-order valence-corrected chi connectivity index (χ0v) is 11.9. The van der Waals surface area contributed by atoms with Crippen LogP contribution in [-0.4, -0.2) is 11.1 Å². The van der Waals surface area contributed by atoms with Gasteiger partial charge in [0.25, 0.3) is 0 Å². The van der Waals surface area contributed by atoms with Crippen LogP contribution in [-0.2, 0) is 4.79 Å². The average molecular weight is 307 g/mol. The Morgan fingerprint density at radius 3 is 2.67 bits per heavy atom. The van der Waals surface area contributed by atoms with Crippen molar-refractivity contribution in [3.05, 3.63) is 64.4 Å². The third-order valence-electron chi connectivity index (χ3n) is 2.74. The molecule has 0 atom stereocenters. The molecule has 0 amide bonds. The molecule has 2 aromatic rings. The largest absolute Gasteiger partial charge is 0.478 e. The number of benzene rings is 2. The molecular weight excluding hydrogens is 295 g/mol. The molecule has 0 unspecified atom stereocenters. The van der Waals surface area contributed by atoms with E-state index in [2.05, 4.69) is 0 Å². The molecule has 3 nitrogen and oxygen atoms in total. The molecule has 0 spiro atoms. The third kappa shape index (κ3) is 4.07. The Bertz CT molecular complexity index is 711. The predicted octanol–water partition coefficient (Wildman–Crippen LogP) is 4.68. The fourth-order valence-electron chi connectivity index (χ4n) is 1.74. The van der Waals surface area contributed by atoms with Gasteiger partial charge in [-0.05, 0) is 48.9 Å². The van der Waals surface area contributed by atoms with Gasteiger partial charge in [0.1, 0.15) is 17.3 Å². The Kier molecular flexibility index (Phi) is 4.60. The van der Waals surface area contributed by atoms with Crippen LogP contribution in [0, 0.1) is 12.7 Å². The van der Waals surface area contributed by atoms with Gasteiger partial charge in [-0.15, -0.1) is 0 Å². The second-order valence-corrected chi connectivity index (χ2v) is 4.80. The molecule has 0 heterocycles. The SMILES string of the molecule is Cc1cc(F)ccc1Oc1cc(Cl)ccc1/C=C/C(=O)O. The van der Waals surface area contributed by atoms with E-state index in [4.69, 9.17) is 21.4 Å². The van der Waals surface area contributed by atoms with Crippen LogP contribution < -0.4 is 4.74 Å². The van der Waals surface area contributed by atoms with Gasteiger partial charge in [-0.1, -0.05) is 11.6 Å². The van der Waals surface area contributed by atoms with Crippen molar-refractivity contribution in [2.75, 3.05) is 0 Å². The molecule has 108 valence electrons. The van der Waals surface area contributed by atoms with E-state index < -0.39 is 5.97 Å². The summed E-state index contributed by atoms with van der Waals surface area (Å²) in [6, 6.07) is 9.01. The second-order valence-electron chi connectivity index (χ2n) is 4.37. The van der Waals surface area contributed by atoms with Crippen LogP contribution in [0.5, 0.6) is 11.5 Å². The lowest BCUT2D eigenvalue weighted by Crippen LogP contribution is -1.92. The molecule has 0 bridgehead atoms. The first-order valence-electron chi connectivity index (χ1n) is 6.10. The Morgan fingerprint density at radius 1 is 1.24 bits per heavy atom. The molecule has 2 rings (SSSR count). The minimum Gasteiger partial charge on any atom is -0.478 e. The minimum absolute atomic E-state index is 0.350. The van der Waals surface area contributed by atoms with Crippen molar-refractivity contribution < 1.29 is 19.0 Å². The molecule has 0 saturated carbocycles. The normalized spacial score (nSPS) is 10.8. The number of hydrogen-bond acceptors (Lipinski definition) is 2. The lowest BCUT2D eigenvalue weighted by molar-refractivity contribution is -0.131. The molecule has 21 heavy (non-hydrogen) atoms. The van der Waals surface area contributed by atoms with E-state index in [1.807, 2.05) is 0 Å². The highest BCUT2D eigenvalue weighted by atomic mass is 35.5. The van der Waals surface area contributed by atoms with Gasteiger partial charge in [0, 0.05) is 22.7 Å². The number of carbonyl (C=O) groups is 1. The summed E-state index contributed by atoms with van der Waals surface area (Å²) < 4.78 is 18.8. The quantitative estimate of drug-likeness (QED) is 0.834. The molecule has 0 aliphatic rings. The Labute approximate surface area is 126 Å². The Balaban J connectivity index is 2.38. The molecule has 5 heteroatoms. The minimum atomic E-state index is -1.06. The predicted molar refractivity (Wildman–Crippen MR) is 79.3 cm³/mol. The zero-order valence-electron chi connectivity index (χ0n) is 11.1. The fraction of sp³-hybridized carbons (Fsp3) is 0.0625. The number of aliphatic carboxylic acids is 1. The summed E-state index contributed by atoms with van der Waals surface area (Å²) in [6.07, 6.45) is 2.42. The summed E-state index contributed by atoms with van der Waals surface area (Å²) in [5, 5.41) is 9.15. The molecule has 0 radical (unpaired) electrons. The van der Waals surface area contributed by atoms with E-state index in [-0.39, 0.29) is 5.82 Å². The molecule has 2 aromatic carbocycles. The van der Waals surface area contributed by atoms with E-state index >= 15 is 0 Å². The summed E-state index contributed by atoms with van der Waals surface area (Å²) in [5.74, 6) is -0.538. The number of hydrogen-bond donors (Lipinski definition) is 1. The van der Waals surface area contributed by atoms with Crippen LogP contribution >= 0.6 is 11.6 Å². The second kappa shape index (κ2) is 6.41. The van der Waals surface area contributed by atoms with Gasteiger partial charge in [-0.2, -0.15) is 0 Å². The van der Waals surface area contributed by atoms with Crippen LogP contribution in [0.4, 0.5) is 4.39 Å². The van der Waals surface area contributed by atoms with E-state index in [1.165, 1.54) is 24.3 Å². The van der Waals surface area contributed by atoms with Crippen LogP contribution in [0.2, 0.25) is 5.02 Å². The molecule has 1 N–H and O–H groups in total. The molecular formula is C16H12ClFO3. The highest BCUT2D eigenvalue weighted by molar-refractivity contribution is 6.30. The average Bonchev–Trinajstić information content (AvgIpc) is 2.41. The van der Waals surface area contributed by atoms with Crippen molar-refractivity contribution >= 4 is 23.6 Å². The smallest absolute Gasteiger partial charge is 0.328 e. The van der Waals surface area contributed by atoms with Gasteiger partial charge in [-0.3, -0.25) is 0 Å². The van der Waals surface area contributed by atoms with Gasteiger partial charge < -0.3 is 9.84 Å². The maximum atomic E-state index is 13.1. The summed E-state index contributed by atoms with van der Waals surface area (Å²) in [7, 11) is 0. The number of carboxylic acid groups (broad SMARTS) is 1. The van der Waals surface area contributed by atoms with Crippen molar-refractivity contribution in [1.29, 1.82) is 0 Å². The topological polar surface area (TPSA) is 46.5 Å².